The van der Waals surface area contributed by atoms with Crippen molar-refractivity contribution in [3.05, 3.63) is 24.3 Å². The van der Waals surface area contributed by atoms with Gasteiger partial charge in [0.25, 0.3) is 0 Å². The van der Waals surface area contributed by atoms with Crippen molar-refractivity contribution < 1.29 is 64.6 Å². The number of ether oxygens (including phenoxy) is 4. The van der Waals surface area contributed by atoms with Crippen LogP contribution in [0.5, 0.6) is 0 Å². The van der Waals surface area contributed by atoms with E-state index in [0.717, 1.165) is 38.5 Å². The molecule has 2 rings (SSSR count). The molecule has 0 radical (unpaired) electrons. The van der Waals surface area contributed by atoms with Crippen LogP contribution in [0.1, 0.15) is 296 Å². The Morgan fingerprint density at radius 1 is 0.438 bits per heavy atom. The minimum Gasteiger partial charge on any atom is -0.394 e. The zero-order valence-corrected chi connectivity index (χ0v) is 51.1. The summed E-state index contributed by atoms with van der Waals surface area (Å²) in [6, 6.07) is -0.925. The first-order valence-corrected chi connectivity index (χ1v) is 33.6. The van der Waals surface area contributed by atoms with Crippen LogP contribution in [0.25, 0.3) is 0 Å². The molecule has 14 heteroatoms. The molecule has 2 aliphatic rings. The van der Waals surface area contributed by atoms with E-state index in [1.165, 1.54) is 225 Å². The average molecular weight is 1140 g/mol. The Hall–Kier alpha value is -1.53. The Bertz CT molecular complexity index is 1440. The second-order valence-electron chi connectivity index (χ2n) is 24.0. The summed E-state index contributed by atoms with van der Waals surface area (Å²) in [7, 11) is 0. The number of hydrogen-bond acceptors (Lipinski definition) is 13. The summed E-state index contributed by atoms with van der Waals surface area (Å²) in [5, 5.41) is 86.6. The molecule has 0 aliphatic carbocycles. The van der Waals surface area contributed by atoms with Crippen molar-refractivity contribution in [3.8, 4) is 0 Å². The first-order chi connectivity index (χ1) is 39.1. The van der Waals surface area contributed by atoms with Crippen LogP contribution in [0.2, 0.25) is 0 Å². The van der Waals surface area contributed by atoms with E-state index in [1.54, 1.807) is 6.08 Å². The number of aliphatic hydroxyl groups is 8. The van der Waals surface area contributed by atoms with E-state index in [9.17, 15) is 45.6 Å². The number of aliphatic hydroxyl groups excluding tert-OH is 8. The first kappa shape index (κ1) is 74.6. The Balaban J connectivity index is 1.47. The van der Waals surface area contributed by atoms with Crippen LogP contribution in [-0.4, -0.2) is 140 Å². The molecule has 2 aliphatic heterocycles. The quantitative estimate of drug-likeness (QED) is 0.0204. The Morgan fingerprint density at radius 3 is 1.20 bits per heavy atom. The van der Waals surface area contributed by atoms with Crippen molar-refractivity contribution in [2.45, 2.75) is 370 Å². The smallest absolute Gasteiger partial charge is 0.220 e. The van der Waals surface area contributed by atoms with Gasteiger partial charge in [-0.1, -0.05) is 289 Å². The molecule has 12 unspecified atom stereocenters. The SMILES string of the molecule is CCC/C=C/CC/C=C/C(O)C(COC1OC(CO)C(OC2OC(CO)C(O)C(O)C2O)C(O)C1O)NC(=O)CCCCCCCCCCCCCCCCCCCCCCCCCCCCCCCCCCCCCCCCC. The number of carbonyl (C=O) groups is 1. The lowest BCUT2D eigenvalue weighted by atomic mass is 9.97. The predicted molar refractivity (Wildman–Crippen MR) is 323 cm³/mol. The molecule has 2 fully saturated rings. The molecular weight excluding hydrogens is 1010 g/mol. The molecule has 0 aromatic heterocycles. The van der Waals surface area contributed by atoms with Gasteiger partial charge in [-0.2, -0.15) is 0 Å². The van der Waals surface area contributed by atoms with Gasteiger partial charge in [0, 0.05) is 6.42 Å². The Kier molecular flexibility index (Phi) is 48.3. The fourth-order valence-corrected chi connectivity index (χ4v) is 11.3. The average Bonchev–Trinajstić information content (AvgIpc) is 3.53. The molecule has 0 bridgehead atoms. The van der Waals surface area contributed by atoms with Crippen molar-refractivity contribution in [1.29, 1.82) is 0 Å². The van der Waals surface area contributed by atoms with Crippen molar-refractivity contribution in [3.63, 3.8) is 0 Å². The molecule has 2 saturated heterocycles. The van der Waals surface area contributed by atoms with Gasteiger partial charge in [-0.05, 0) is 25.7 Å². The number of rotatable bonds is 55. The van der Waals surface area contributed by atoms with Crippen LogP contribution in [0.15, 0.2) is 24.3 Å². The number of nitrogens with one attached hydrogen (secondary N) is 1. The summed E-state index contributed by atoms with van der Waals surface area (Å²) in [5.74, 6) is -0.249. The summed E-state index contributed by atoms with van der Waals surface area (Å²) in [4.78, 5) is 13.2. The fourth-order valence-electron chi connectivity index (χ4n) is 11.3. The van der Waals surface area contributed by atoms with Crippen LogP contribution in [0.4, 0.5) is 0 Å². The largest absolute Gasteiger partial charge is 0.394 e. The zero-order chi connectivity index (χ0) is 58.1. The predicted octanol–water partition coefficient (Wildman–Crippen LogP) is 12.8. The topological polar surface area (TPSA) is 228 Å². The van der Waals surface area contributed by atoms with E-state index in [1.807, 2.05) is 6.08 Å². The maximum Gasteiger partial charge on any atom is 0.220 e. The Morgan fingerprint density at radius 2 is 0.800 bits per heavy atom. The van der Waals surface area contributed by atoms with Gasteiger partial charge in [0.2, 0.25) is 5.91 Å². The van der Waals surface area contributed by atoms with Gasteiger partial charge >= 0.3 is 0 Å². The molecule has 14 nitrogen and oxygen atoms in total. The maximum absolute atomic E-state index is 13.2. The minimum absolute atomic E-state index is 0.249. The molecule has 2 heterocycles. The molecule has 0 aromatic rings. The summed E-state index contributed by atoms with van der Waals surface area (Å²) in [6.45, 7) is 2.68. The molecule has 80 heavy (non-hydrogen) atoms. The standard InChI is InChI=1S/C66H125NO13/c1-3-5-7-9-11-12-13-14-15-16-17-18-19-20-21-22-23-24-25-26-27-28-29-30-31-32-33-34-35-36-37-38-39-40-41-42-44-46-48-50-58(71)67-54(55(70)49-47-45-43-10-8-6-4-2)53-77-65-63(76)61(74)64(57(52-69)79-65)80-66-62(75)60(73)59(72)56(51-68)78-66/h8,10,47,49,54-57,59-66,68-70,72-76H,3-7,9,11-46,48,50-53H2,1-2H3,(H,67,71)/b10-8+,49-47+. The van der Waals surface area contributed by atoms with Gasteiger partial charge in [-0.15, -0.1) is 0 Å². The van der Waals surface area contributed by atoms with E-state index in [2.05, 4.69) is 31.3 Å². The molecular formula is C66H125NO13. The van der Waals surface area contributed by atoms with E-state index >= 15 is 0 Å². The molecule has 472 valence electrons. The highest BCUT2D eigenvalue weighted by molar-refractivity contribution is 5.76. The van der Waals surface area contributed by atoms with Crippen LogP contribution < -0.4 is 5.32 Å². The second-order valence-corrected chi connectivity index (χ2v) is 24.0. The monoisotopic (exact) mass is 1140 g/mol. The third-order valence-corrected chi connectivity index (χ3v) is 16.6. The summed E-state index contributed by atoms with van der Waals surface area (Å²) in [5.41, 5.74) is 0. The highest BCUT2D eigenvalue weighted by Crippen LogP contribution is 2.30. The van der Waals surface area contributed by atoms with Gasteiger partial charge in [0.05, 0.1) is 32.0 Å². The lowest BCUT2D eigenvalue weighted by molar-refractivity contribution is -0.359. The number of carbonyl (C=O) groups excluding carboxylic acids is 1. The van der Waals surface area contributed by atoms with E-state index in [-0.39, 0.29) is 18.9 Å². The molecule has 12 atom stereocenters. The van der Waals surface area contributed by atoms with Crippen LogP contribution in [0.3, 0.4) is 0 Å². The second kappa shape index (κ2) is 51.9. The number of unbranched alkanes of at least 4 members (excludes halogenated alkanes) is 40. The zero-order valence-electron chi connectivity index (χ0n) is 51.1. The van der Waals surface area contributed by atoms with Crippen LogP contribution in [-0.2, 0) is 23.7 Å². The van der Waals surface area contributed by atoms with Gasteiger partial charge in [0.15, 0.2) is 12.6 Å². The number of amides is 1. The fraction of sp³-hybridized carbons (Fsp3) is 0.924. The van der Waals surface area contributed by atoms with E-state index in [0.29, 0.717) is 12.8 Å². The first-order valence-electron chi connectivity index (χ1n) is 33.6. The highest BCUT2D eigenvalue weighted by atomic mass is 16.7. The highest BCUT2D eigenvalue weighted by Gasteiger charge is 2.51. The molecule has 0 aromatic carbocycles. The van der Waals surface area contributed by atoms with Crippen molar-refractivity contribution in [2.24, 2.45) is 0 Å². The van der Waals surface area contributed by atoms with Gasteiger partial charge in [-0.3, -0.25) is 4.79 Å². The summed E-state index contributed by atoms with van der Waals surface area (Å²) < 4.78 is 22.7. The molecule has 1 amide bonds. The maximum atomic E-state index is 13.2. The van der Waals surface area contributed by atoms with Crippen molar-refractivity contribution in [1.82, 2.24) is 5.32 Å². The van der Waals surface area contributed by atoms with Gasteiger partial charge in [-0.25, -0.2) is 0 Å². The molecule has 0 spiro atoms. The van der Waals surface area contributed by atoms with E-state index in [4.69, 9.17) is 18.9 Å². The van der Waals surface area contributed by atoms with E-state index < -0.39 is 86.8 Å². The molecule has 9 N–H and O–H groups in total. The van der Waals surface area contributed by atoms with Crippen LogP contribution in [0, 0.1) is 0 Å². The summed E-state index contributed by atoms with van der Waals surface area (Å²) in [6.07, 6.45) is 47.7. The van der Waals surface area contributed by atoms with Gasteiger partial charge < -0.3 is 65.1 Å². The van der Waals surface area contributed by atoms with Crippen molar-refractivity contribution in [2.75, 3.05) is 19.8 Å². The van der Waals surface area contributed by atoms with Crippen molar-refractivity contribution >= 4 is 5.91 Å². The third kappa shape index (κ3) is 36.3. The van der Waals surface area contributed by atoms with Gasteiger partial charge in [0.1, 0.15) is 48.8 Å². The normalized spacial score (nSPS) is 24.3. The molecule has 0 saturated carbocycles. The minimum atomic E-state index is -1.79. The third-order valence-electron chi connectivity index (χ3n) is 16.6. The lowest BCUT2D eigenvalue weighted by Gasteiger charge is -2.46. The number of hydrogen-bond donors (Lipinski definition) is 9. The summed E-state index contributed by atoms with van der Waals surface area (Å²) >= 11 is 0. The Labute approximate surface area is 488 Å². The van der Waals surface area contributed by atoms with Crippen LogP contribution >= 0.6 is 0 Å². The number of allylic oxidation sites excluding steroid dienone is 3. The lowest BCUT2D eigenvalue weighted by Crippen LogP contribution is -2.65.